The molecule has 2 N–H and O–H groups in total. The summed E-state index contributed by atoms with van der Waals surface area (Å²) in [5, 5.41) is 0. The van der Waals surface area contributed by atoms with Crippen molar-refractivity contribution >= 4 is 11.3 Å². The van der Waals surface area contributed by atoms with Crippen LogP contribution in [-0.2, 0) is 11.3 Å². The Morgan fingerprint density at radius 2 is 2.55 bits per heavy atom. The molecule has 2 atom stereocenters. The van der Waals surface area contributed by atoms with Crippen molar-refractivity contribution in [2.24, 2.45) is 0 Å². The third-order valence-corrected chi connectivity index (χ3v) is 2.33. The van der Waals surface area contributed by atoms with E-state index in [4.69, 9.17) is 4.55 Å². The molecule has 4 heteroatoms. The van der Waals surface area contributed by atoms with Gasteiger partial charge in [0.2, 0.25) is 11.3 Å². The summed E-state index contributed by atoms with van der Waals surface area (Å²) in [6.07, 6.45) is 5.22. The monoisotopic (exact) mass is 175 g/mol. The molecule has 1 aliphatic carbocycles. The fourth-order valence-corrected chi connectivity index (χ4v) is 1.78. The Hall–Kier alpha value is -0.190. The summed E-state index contributed by atoms with van der Waals surface area (Å²) < 4.78 is 21.4. The van der Waals surface area contributed by atoms with Crippen LogP contribution in [-0.4, -0.2) is 14.8 Å². The average molecular weight is 175 g/mol. The normalized spacial score (nSPS) is 27.8. The molecule has 64 valence electrons. The van der Waals surface area contributed by atoms with Crippen LogP contribution in [0.4, 0.5) is 0 Å². The van der Waals surface area contributed by atoms with Crippen molar-refractivity contribution in [1.29, 1.82) is 0 Å². The molecule has 0 heterocycles. The minimum absolute atomic E-state index is 0.0922. The molecule has 0 saturated carbocycles. The van der Waals surface area contributed by atoms with Gasteiger partial charge < -0.3 is 0 Å². The highest BCUT2D eigenvalue weighted by Gasteiger charge is 2.11. The largest absolute Gasteiger partial charge is 0.294 e. The molecule has 0 aromatic rings. The standard InChI is InChI=1S/C7H13NO2S/c1-6-3-2-4-7(5-6)8-11(9)10/h5,7-8H,2-4H2,1H3,(H,9,10). The van der Waals surface area contributed by atoms with Gasteiger partial charge in [-0.2, -0.15) is 0 Å². The predicted octanol–water partition coefficient (Wildman–Crippen LogP) is 1.21. The van der Waals surface area contributed by atoms with Gasteiger partial charge in [0.15, 0.2) is 0 Å². The van der Waals surface area contributed by atoms with Crippen LogP contribution in [0.3, 0.4) is 0 Å². The van der Waals surface area contributed by atoms with Crippen molar-refractivity contribution in [2.75, 3.05) is 0 Å². The zero-order valence-electron chi connectivity index (χ0n) is 6.54. The van der Waals surface area contributed by atoms with Gasteiger partial charge in [0, 0.05) is 6.04 Å². The summed E-state index contributed by atoms with van der Waals surface area (Å²) in [6.45, 7) is 2.05. The zero-order valence-corrected chi connectivity index (χ0v) is 7.36. The van der Waals surface area contributed by atoms with Gasteiger partial charge in [0.05, 0.1) is 0 Å². The molecule has 0 aromatic carbocycles. The third-order valence-electron chi connectivity index (χ3n) is 1.82. The van der Waals surface area contributed by atoms with Gasteiger partial charge in [0.1, 0.15) is 0 Å². The number of allylic oxidation sites excluding steroid dienone is 1. The minimum atomic E-state index is -1.87. The Balaban J connectivity index is 2.46. The fourth-order valence-electron chi connectivity index (χ4n) is 1.33. The third kappa shape index (κ3) is 3.14. The molecular formula is C7H13NO2S. The van der Waals surface area contributed by atoms with Crippen molar-refractivity contribution in [3.63, 3.8) is 0 Å². The molecule has 0 radical (unpaired) electrons. The van der Waals surface area contributed by atoms with E-state index in [1.165, 1.54) is 5.57 Å². The number of hydrogen-bond acceptors (Lipinski definition) is 1. The highest BCUT2D eigenvalue weighted by atomic mass is 32.2. The van der Waals surface area contributed by atoms with Gasteiger partial charge in [0.25, 0.3) is 0 Å². The molecular weight excluding hydrogens is 162 g/mol. The maximum atomic E-state index is 10.3. The molecule has 1 aliphatic rings. The van der Waals surface area contributed by atoms with Crippen LogP contribution in [0, 0.1) is 0 Å². The highest BCUT2D eigenvalue weighted by molar-refractivity contribution is 7.77. The van der Waals surface area contributed by atoms with Crippen molar-refractivity contribution < 1.29 is 8.76 Å². The molecule has 0 aromatic heterocycles. The lowest BCUT2D eigenvalue weighted by molar-refractivity contribution is 0.520. The zero-order chi connectivity index (χ0) is 8.27. The first-order valence-electron chi connectivity index (χ1n) is 3.73. The van der Waals surface area contributed by atoms with Crippen LogP contribution in [0.2, 0.25) is 0 Å². The second-order valence-electron chi connectivity index (χ2n) is 2.88. The molecule has 0 saturated heterocycles. The van der Waals surface area contributed by atoms with Crippen LogP contribution in [0.5, 0.6) is 0 Å². The molecule has 0 amide bonds. The second kappa shape index (κ2) is 3.99. The summed E-state index contributed by atoms with van der Waals surface area (Å²) in [5.41, 5.74) is 1.30. The van der Waals surface area contributed by atoms with Crippen molar-refractivity contribution in [2.45, 2.75) is 32.2 Å². The Morgan fingerprint density at radius 3 is 3.09 bits per heavy atom. The summed E-state index contributed by atoms with van der Waals surface area (Å²) >= 11 is -1.87. The second-order valence-corrected chi connectivity index (χ2v) is 3.61. The van der Waals surface area contributed by atoms with Gasteiger partial charge in [-0.05, 0) is 26.2 Å². The van der Waals surface area contributed by atoms with Gasteiger partial charge in [-0.3, -0.25) is 4.55 Å². The van der Waals surface area contributed by atoms with Crippen LogP contribution in [0.25, 0.3) is 0 Å². The first-order chi connectivity index (χ1) is 5.18. The summed E-state index contributed by atoms with van der Waals surface area (Å²) in [7, 11) is 0. The Kier molecular flexibility index (Phi) is 3.23. The first kappa shape index (κ1) is 8.90. The minimum Gasteiger partial charge on any atom is -0.294 e. The topological polar surface area (TPSA) is 49.3 Å². The Labute approximate surface area is 69.3 Å². The van der Waals surface area contributed by atoms with E-state index in [0.717, 1.165) is 19.3 Å². The first-order valence-corrected chi connectivity index (χ1v) is 4.83. The molecule has 0 spiro atoms. The Morgan fingerprint density at radius 1 is 1.82 bits per heavy atom. The lowest BCUT2D eigenvalue weighted by Gasteiger charge is -2.18. The Bertz CT molecular complexity index is 191. The molecule has 11 heavy (non-hydrogen) atoms. The van der Waals surface area contributed by atoms with E-state index in [1.807, 2.05) is 13.0 Å². The average Bonchev–Trinajstić information content (AvgIpc) is 1.85. The van der Waals surface area contributed by atoms with Crippen molar-refractivity contribution in [3.8, 4) is 0 Å². The maximum Gasteiger partial charge on any atom is 0.232 e. The predicted molar refractivity (Wildman–Crippen MR) is 45.3 cm³/mol. The molecule has 0 fully saturated rings. The van der Waals surface area contributed by atoms with Crippen LogP contribution in [0.15, 0.2) is 11.6 Å². The number of rotatable bonds is 2. The summed E-state index contributed by atoms with van der Waals surface area (Å²) in [5.74, 6) is 0. The SMILES string of the molecule is CC1=CC(NS(=O)O)CCC1. The van der Waals surface area contributed by atoms with Gasteiger partial charge in [-0.15, -0.1) is 0 Å². The van der Waals surface area contributed by atoms with E-state index in [9.17, 15) is 4.21 Å². The van der Waals surface area contributed by atoms with Gasteiger partial charge in [-0.25, -0.2) is 8.93 Å². The van der Waals surface area contributed by atoms with E-state index in [1.54, 1.807) is 0 Å². The van der Waals surface area contributed by atoms with E-state index in [2.05, 4.69) is 4.72 Å². The van der Waals surface area contributed by atoms with Gasteiger partial charge in [-0.1, -0.05) is 11.6 Å². The number of nitrogens with one attached hydrogen (secondary N) is 1. The quantitative estimate of drug-likeness (QED) is 0.489. The summed E-state index contributed by atoms with van der Waals surface area (Å²) in [4.78, 5) is 0. The smallest absolute Gasteiger partial charge is 0.232 e. The molecule has 0 aliphatic heterocycles. The lowest BCUT2D eigenvalue weighted by atomic mass is 9.98. The van der Waals surface area contributed by atoms with Crippen LogP contribution < -0.4 is 4.72 Å². The van der Waals surface area contributed by atoms with Crippen LogP contribution in [0.1, 0.15) is 26.2 Å². The van der Waals surface area contributed by atoms with E-state index < -0.39 is 11.3 Å². The van der Waals surface area contributed by atoms with Crippen LogP contribution >= 0.6 is 0 Å². The lowest BCUT2D eigenvalue weighted by Crippen LogP contribution is -2.30. The van der Waals surface area contributed by atoms with Gasteiger partial charge >= 0.3 is 0 Å². The van der Waals surface area contributed by atoms with E-state index in [-0.39, 0.29) is 6.04 Å². The van der Waals surface area contributed by atoms with E-state index in [0.29, 0.717) is 0 Å². The van der Waals surface area contributed by atoms with Crippen molar-refractivity contribution in [1.82, 2.24) is 4.72 Å². The van der Waals surface area contributed by atoms with Crippen molar-refractivity contribution in [3.05, 3.63) is 11.6 Å². The maximum absolute atomic E-state index is 10.3. The number of hydrogen-bond donors (Lipinski definition) is 2. The highest BCUT2D eigenvalue weighted by Crippen LogP contribution is 2.16. The fraction of sp³-hybridized carbons (Fsp3) is 0.714. The summed E-state index contributed by atoms with van der Waals surface area (Å²) in [6, 6.07) is 0.0922. The van der Waals surface area contributed by atoms with E-state index >= 15 is 0 Å². The molecule has 3 nitrogen and oxygen atoms in total. The molecule has 2 unspecified atom stereocenters. The molecule has 1 rings (SSSR count). The molecule has 0 bridgehead atoms.